The van der Waals surface area contributed by atoms with Crippen LogP contribution in [-0.4, -0.2) is 27.1 Å². The Morgan fingerprint density at radius 1 is 1.15 bits per heavy atom. The third-order valence-electron chi connectivity index (χ3n) is 5.90. The van der Waals surface area contributed by atoms with Gasteiger partial charge in [0.15, 0.2) is 0 Å². The molecule has 1 rings (SSSR count). The Hall–Kier alpha value is -1.01. The minimum Gasteiger partial charge on any atom is -0.477 e. The number of aliphatic carboxylic acids is 1. The lowest BCUT2D eigenvalue weighted by atomic mass is 9.72. The molecule has 0 saturated heterocycles. The quantitative estimate of drug-likeness (QED) is 0.210. The fraction of sp³-hybridized carbons (Fsp3) is 0.810. The Balaban J connectivity index is 2.49. The zero-order chi connectivity index (χ0) is 20.3. The summed E-state index contributed by atoms with van der Waals surface area (Å²) in [6.07, 6.45) is 11.5. The third-order valence-corrected chi connectivity index (χ3v) is 5.90. The molecule has 6 heteroatoms. The second kappa shape index (κ2) is 11.7. The maximum absolute atomic E-state index is 13.9. The van der Waals surface area contributed by atoms with Crippen molar-refractivity contribution in [3.8, 4) is 0 Å². The predicted molar refractivity (Wildman–Crippen MR) is 101 cm³/mol. The SMILES string of the molecule is CCCCCCCC[C@@]1([C](F)F)CCC[C@@H]1CC=CCCC(O)(O)C(=O)O. The molecule has 0 unspecified atom stereocenters. The molecule has 2 atom stereocenters. The molecule has 1 saturated carbocycles. The standard InChI is InChI=1S/C21H35F2O4/c1-2-3-4-5-6-9-14-20(18(22)23)15-11-13-17(20)12-8-7-10-16-21(26,27)19(24)25/h7-8,17,26-27H,2-6,9-16H2,1H3,(H,24,25)/t17-,20+/m0/s1. The second-order valence-electron chi connectivity index (χ2n) is 7.89. The number of carboxylic acid groups (broad SMARTS) is 1. The fourth-order valence-corrected chi connectivity index (χ4v) is 4.15. The van der Waals surface area contributed by atoms with Crippen LogP contribution in [-0.2, 0) is 4.79 Å². The van der Waals surface area contributed by atoms with Gasteiger partial charge < -0.3 is 15.3 Å². The van der Waals surface area contributed by atoms with E-state index in [1.54, 1.807) is 12.2 Å². The number of rotatable bonds is 14. The van der Waals surface area contributed by atoms with Crippen LogP contribution in [0.3, 0.4) is 0 Å². The van der Waals surface area contributed by atoms with Crippen LogP contribution in [0, 0.1) is 17.8 Å². The van der Waals surface area contributed by atoms with Crippen LogP contribution >= 0.6 is 0 Å². The van der Waals surface area contributed by atoms with Gasteiger partial charge in [-0.2, -0.15) is 8.78 Å². The molecule has 4 nitrogen and oxygen atoms in total. The summed E-state index contributed by atoms with van der Waals surface area (Å²) in [5.74, 6) is -4.52. The molecular weight excluding hydrogens is 354 g/mol. The maximum atomic E-state index is 13.9. The lowest BCUT2D eigenvalue weighted by Gasteiger charge is -2.33. The summed E-state index contributed by atoms with van der Waals surface area (Å²) < 4.78 is 27.7. The normalized spacial score (nSPS) is 23.6. The van der Waals surface area contributed by atoms with Crippen molar-refractivity contribution in [2.45, 2.75) is 96.2 Å². The first-order valence-electron chi connectivity index (χ1n) is 10.3. The second-order valence-corrected chi connectivity index (χ2v) is 7.89. The zero-order valence-electron chi connectivity index (χ0n) is 16.4. The van der Waals surface area contributed by atoms with Gasteiger partial charge in [0.05, 0.1) is 0 Å². The Labute approximate surface area is 161 Å². The molecule has 0 aliphatic heterocycles. The van der Waals surface area contributed by atoms with Gasteiger partial charge in [-0.15, -0.1) is 0 Å². The van der Waals surface area contributed by atoms with E-state index in [2.05, 4.69) is 6.92 Å². The number of halogens is 2. The highest BCUT2D eigenvalue weighted by atomic mass is 19.3. The summed E-state index contributed by atoms with van der Waals surface area (Å²) >= 11 is 0. The van der Waals surface area contributed by atoms with Crippen molar-refractivity contribution >= 4 is 5.97 Å². The Morgan fingerprint density at radius 3 is 2.44 bits per heavy atom. The topological polar surface area (TPSA) is 77.8 Å². The van der Waals surface area contributed by atoms with Crippen LogP contribution in [0.2, 0.25) is 0 Å². The minimum absolute atomic E-state index is 0.0955. The van der Waals surface area contributed by atoms with Gasteiger partial charge in [0.2, 0.25) is 0 Å². The lowest BCUT2D eigenvalue weighted by Crippen LogP contribution is -2.37. The molecule has 1 fully saturated rings. The summed E-state index contributed by atoms with van der Waals surface area (Å²) in [7, 11) is 0. The Bertz CT molecular complexity index is 465. The largest absolute Gasteiger partial charge is 0.477 e. The zero-order valence-corrected chi connectivity index (χ0v) is 16.4. The Kier molecular flexibility index (Phi) is 10.5. The van der Waals surface area contributed by atoms with E-state index in [-0.39, 0.29) is 18.8 Å². The van der Waals surface area contributed by atoms with E-state index in [0.29, 0.717) is 19.3 Å². The van der Waals surface area contributed by atoms with E-state index in [1.165, 1.54) is 19.3 Å². The van der Waals surface area contributed by atoms with Gasteiger partial charge in [0, 0.05) is 11.8 Å². The molecule has 0 aromatic carbocycles. The number of carbonyl (C=O) groups is 1. The summed E-state index contributed by atoms with van der Waals surface area (Å²) in [5, 5.41) is 27.1. The van der Waals surface area contributed by atoms with Crippen LogP contribution in [0.25, 0.3) is 0 Å². The van der Waals surface area contributed by atoms with E-state index in [0.717, 1.165) is 32.1 Å². The molecule has 1 aliphatic rings. The molecule has 0 heterocycles. The summed E-state index contributed by atoms with van der Waals surface area (Å²) in [6, 6.07) is 0. The molecule has 0 amide bonds. The van der Waals surface area contributed by atoms with Crippen molar-refractivity contribution in [2.24, 2.45) is 11.3 Å². The molecule has 27 heavy (non-hydrogen) atoms. The first-order valence-corrected chi connectivity index (χ1v) is 10.3. The van der Waals surface area contributed by atoms with Crippen LogP contribution in [0.4, 0.5) is 8.78 Å². The highest BCUT2D eigenvalue weighted by molar-refractivity contribution is 5.74. The van der Waals surface area contributed by atoms with Gasteiger partial charge in [0.1, 0.15) is 0 Å². The van der Waals surface area contributed by atoms with E-state index >= 15 is 0 Å². The molecule has 0 aromatic rings. The van der Waals surface area contributed by atoms with Gasteiger partial charge in [0.25, 0.3) is 5.79 Å². The van der Waals surface area contributed by atoms with Crippen molar-refractivity contribution in [3.63, 3.8) is 0 Å². The maximum Gasteiger partial charge on any atom is 0.364 e. The van der Waals surface area contributed by atoms with Crippen LogP contribution in [0.1, 0.15) is 90.4 Å². The predicted octanol–water partition coefficient (Wildman–Crippen LogP) is 5.44. The molecular formula is C21H35F2O4. The third kappa shape index (κ3) is 7.49. The van der Waals surface area contributed by atoms with Gasteiger partial charge in [-0.05, 0) is 38.0 Å². The van der Waals surface area contributed by atoms with Gasteiger partial charge in [-0.25, -0.2) is 4.79 Å². The summed E-state index contributed by atoms with van der Waals surface area (Å²) in [5.41, 5.74) is -0.978. The van der Waals surface area contributed by atoms with Gasteiger partial charge in [-0.1, -0.05) is 64.0 Å². The minimum atomic E-state index is -2.74. The number of unbranched alkanes of at least 4 members (excludes halogenated alkanes) is 5. The number of carboxylic acids is 1. The number of hydrogen-bond donors (Lipinski definition) is 3. The van der Waals surface area contributed by atoms with Crippen LogP contribution in [0.15, 0.2) is 12.2 Å². The average Bonchev–Trinajstić information content (AvgIpc) is 3.01. The Morgan fingerprint density at radius 2 is 1.81 bits per heavy atom. The number of aliphatic hydroxyl groups is 2. The molecule has 3 N–H and O–H groups in total. The smallest absolute Gasteiger partial charge is 0.364 e. The van der Waals surface area contributed by atoms with Crippen molar-refractivity contribution in [3.05, 3.63) is 18.6 Å². The van der Waals surface area contributed by atoms with Crippen molar-refractivity contribution in [1.82, 2.24) is 0 Å². The first kappa shape index (κ1) is 24.0. The van der Waals surface area contributed by atoms with E-state index in [4.69, 9.17) is 5.11 Å². The molecule has 0 aromatic heterocycles. The summed E-state index contributed by atoms with van der Waals surface area (Å²) in [4.78, 5) is 10.6. The van der Waals surface area contributed by atoms with Crippen molar-refractivity contribution in [1.29, 1.82) is 0 Å². The molecule has 0 spiro atoms. The lowest BCUT2D eigenvalue weighted by molar-refractivity contribution is -0.205. The van der Waals surface area contributed by atoms with E-state index in [9.17, 15) is 23.8 Å². The molecule has 0 bridgehead atoms. The molecule has 1 aliphatic carbocycles. The number of allylic oxidation sites excluding steroid dienone is 2. The summed E-state index contributed by atoms with van der Waals surface area (Å²) in [6.45, 7) is 2.15. The number of hydrogen-bond acceptors (Lipinski definition) is 3. The van der Waals surface area contributed by atoms with Gasteiger partial charge >= 0.3 is 12.4 Å². The first-order chi connectivity index (χ1) is 12.8. The van der Waals surface area contributed by atoms with Crippen LogP contribution in [0.5, 0.6) is 0 Å². The molecule has 1 radical (unpaired) electrons. The molecule has 157 valence electrons. The van der Waals surface area contributed by atoms with Crippen molar-refractivity contribution in [2.75, 3.05) is 0 Å². The highest BCUT2D eigenvalue weighted by Gasteiger charge is 2.49. The van der Waals surface area contributed by atoms with Gasteiger partial charge in [-0.3, -0.25) is 0 Å². The monoisotopic (exact) mass is 389 g/mol. The highest BCUT2D eigenvalue weighted by Crippen LogP contribution is 2.55. The van der Waals surface area contributed by atoms with Crippen molar-refractivity contribution < 1.29 is 28.9 Å². The fourth-order valence-electron chi connectivity index (χ4n) is 4.15. The van der Waals surface area contributed by atoms with E-state index < -0.39 is 23.6 Å². The van der Waals surface area contributed by atoms with Crippen LogP contribution < -0.4 is 0 Å². The average molecular weight is 390 g/mol. The van der Waals surface area contributed by atoms with E-state index in [1.807, 2.05) is 0 Å².